The number of hydrogen-bond acceptors (Lipinski definition) is 2. The van der Waals surface area contributed by atoms with Crippen LogP contribution in [0, 0.1) is 5.92 Å². The fraction of sp³-hybridized carbons (Fsp3) is 0.600. The molecule has 0 bridgehead atoms. The summed E-state index contributed by atoms with van der Waals surface area (Å²) in [6.07, 6.45) is 4.74. The van der Waals surface area contributed by atoms with Crippen molar-refractivity contribution < 1.29 is 14.5 Å². The quantitative estimate of drug-likeness (QED) is 0.813. The van der Waals surface area contributed by atoms with Crippen LogP contribution in [0.5, 0.6) is 0 Å². The highest BCUT2D eigenvalue weighted by Crippen LogP contribution is 2.28. The summed E-state index contributed by atoms with van der Waals surface area (Å²) < 4.78 is 11.4. The van der Waals surface area contributed by atoms with E-state index in [1.54, 1.807) is 6.26 Å². The Hall–Kier alpha value is -1.06. The van der Waals surface area contributed by atoms with Gasteiger partial charge in [-0.05, 0) is 38.8 Å². The maximum atomic E-state index is 6.06. The molecule has 0 radical (unpaired) electrons. The predicted octanol–water partition coefficient (Wildman–Crippen LogP) is 2.10. The Kier molecular flexibility index (Phi) is 4.61. The number of furan rings is 1. The Morgan fingerprint density at radius 2 is 2.33 bits per heavy atom. The van der Waals surface area contributed by atoms with E-state index in [-0.39, 0.29) is 0 Å². The van der Waals surface area contributed by atoms with Gasteiger partial charge in [-0.15, -0.1) is 0 Å². The van der Waals surface area contributed by atoms with E-state index < -0.39 is 0 Å². The van der Waals surface area contributed by atoms with Crippen molar-refractivity contribution in [2.45, 2.75) is 45.4 Å². The Balaban J connectivity index is 1.82. The van der Waals surface area contributed by atoms with Gasteiger partial charge in [-0.2, -0.15) is 0 Å². The number of ether oxygens (including phenoxy) is 1. The van der Waals surface area contributed by atoms with Gasteiger partial charge in [0.2, 0.25) is 0 Å². The normalized spacial score (nSPS) is 28.2. The van der Waals surface area contributed by atoms with E-state index in [1.807, 2.05) is 12.1 Å². The maximum absolute atomic E-state index is 6.06. The largest absolute Gasteiger partial charge is 0.463 e. The van der Waals surface area contributed by atoms with E-state index in [1.165, 1.54) is 12.0 Å². The molecule has 0 spiro atoms. The number of rotatable bonds is 5. The second kappa shape index (κ2) is 6.21. The summed E-state index contributed by atoms with van der Waals surface area (Å²) in [5.74, 6) is 1.53. The van der Waals surface area contributed by atoms with Gasteiger partial charge >= 0.3 is 0 Å². The molecule has 2 heterocycles. The molecule has 2 N–H and O–H groups in total. The fourth-order valence-electron chi connectivity index (χ4n) is 2.66. The standard InChI is InChI=1S/C15H23NO2/c1-11(2)14-7-6-12(3)18-15(14)10-16-9-13-5-4-8-17-13/h4-5,8,12,14-16H,1,6-7,9-10H2,2-3H3/p+1/t12-,14-,15-/m0/s1. The Morgan fingerprint density at radius 1 is 1.50 bits per heavy atom. The lowest BCUT2D eigenvalue weighted by Crippen LogP contribution is -2.85. The van der Waals surface area contributed by atoms with E-state index in [9.17, 15) is 0 Å². The lowest BCUT2D eigenvalue weighted by Gasteiger charge is -2.34. The minimum absolute atomic E-state index is 0.293. The summed E-state index contributed by atoms with van der Waals surface area (Å²) in [6.45, 7) is 10.2. The van der Waals surface area contributed by atoms with E-state index >= 15 is 0 Å². The monoisotopic (exact) mass is 250 g/mol. The molecule has 0 aliphatic carbocycles. The van der Waals surface area contributed by atoms with Crippen molar-refractivity contribution in [3.63, 3.8) is 0 Å². The molecule has 1 aromatic heterocycles. The molecule has 0 unspecified atom stereocenters. The van der Waals surface area contributed by atoms with Crippen LogP contribution in [0.15, 0.2) is 35.0 Å². The van der Waals surface area contributed by atoms with Crippen molar-refractivity contribution in [1.82, 2.24) is 0 Å². The zero-order valence-corrected chi connectivity index (χ0v) is 11.4. The fourth-order valence-corrected chi connectivity index (χ4v) is 2.66. The Bertz CT molecular complexity index is 372. The summed E-state index contributed by atoms with van der Waals surface area (Å²) in [5.41, 5.74) is 1.25. The van der Waals surface area contributed by atoms with Gasteiger partial charge in [0.1, 0.15) is 19.2 Å². The Labute approximate surface area is 109 Å². The van der Waals surface area contributed by atoms with Crippen molar-refractivity contribution in [2.75, 3.05) is 6.54 Å². The number of hydrogen-bond donors (Lipinski definition) is 1. The smallest absolute Gasteiger partial charge is 0.157 e. The summed E-state index contributed by atoms with van der Waals surface area (Å²) in [4.78, 5) is 0. The molecule has 1 saturated heterocycles. The van der Waals surface area contributed by atoms with Crippen LogP contribution in [0.3, 0.4) is 0 Å². The second-order valence-electron chi connectivity index (χ2n) is 5.32. The molecule has 3 atom stereocenters. The van der Waals surface area contributed by atoms with Crippen LogP contribution < -0.4 is 5.32 Å². The molecule has 1 fully saturated rings. The lowest BCUT2D eigenvalue weighted by molar-refractivity contribution is -0.680. The lowest BCUT2D eigenvalue weighted by atomic mass is 9.87. The van der Waals surface area contributed by atoms with Gasteiger partial charge in [-0.25, -0.2) is 0 Å². The molecule has 0 amide bonds. The van der Waals surface area contributed by atoms with E-state index in [2.05, 4.69) is 25.7 Å². The van der Waals surface area contributed by atoms with E-state index in [0.29, 0.717) is 18.1 Å². The van der Waals surface area contributed by atoms with Crippen LogP contribution >= 0.6 is 0 Å². The van der Waals surface area contributed by atoms with Gasteiger partial charge in [0.25, 0.3) is 0 Å². The van der Waals surface area contributed by atoms with E-state index in [0.717, 1.165) is 25.3 Å². The highest BCUT2D eigenvalue weighted by atomic mass is 16.5. The topological polar surface area (TPSA) is 39.0 Å². The van der Waals surface area contributed by atoms with Crippen molar-refractivity contribution in [3.05, 3.63) is 36.3 Å². The van der Waals surface area contributed by atoms with Crippen molar-refractivity contribution in [1.29, 1.82) is 0 Å². The average molecular weight is 250 g/mol. The molecule has 1 aliphatic rings. The van der Waals surface area contributed by atoms with Gasteiger partial charge in [0, 0.05) is 5.92 Å². The van der Waals surface area contributed by atoms with Crippen LogP contribution in [-0.2, 0) is 11.3 Å². The van der Waals surface area contributed by atoms with Gasteiger partial charge < -0.3 is 14.5 Å². The van der Waals surface area contributed by atoms with Crippen molar-refractivity contribution in [3.8, 4) is 0 Å². The first-order valence-electron chi connectivity index (χ1n) is 6.81. The number of quaternary nitrogens is 1. The molecule has 1 aromatic rings. The molecule has 18 heavy (non-hydrogen) atoms. The Morgan fingerprint density at radius 3 is 3.00 bits per heavy atom. The molecule has 0 saturated carbocycles. The molecule has 1 aliphatic heterocycles. The van der Waals surface area contributed by atoms with Crippen LogP contribution in [0.2, 0.25) is 0 Å². The van der Waals surface area contributed by atoms with Gasteiger partial charge in [0.05, 0.1) is 12.4 Å². The maximum Gasteiger partial charge on any atom is 0.157 e. The minimum Gasteiger partial charge on any atom is -0.463 e. The minimum atomic E-state index is 0.293. The summed E-state index contributed by atoms with van der Waals surface area (Å²) in [6, 6.07) is 3.94. The van der Waals surface area contributed by atoms with Crippen LogP contribution in [0.4, 0.5) is 0 Å². The summed E-state index contributed by atoms with van der Waals surface area (Å²) in [7, 11) is 0. The molecule has 3 nitrogen and oxygen atoms in total. The van der Waals surface area contributed by atoms with Crippen molar-refractivity contribution in [2.24, 2.45) is 5.92 Å². The van der Waals surface area contributed by atoms with E-state index in [4.69, 9.17) is 9.15 Å². The number of nitrogens with two attached hydrogens (primary N) is 1. The molecule has 0 aromatic carbocycles. The first-order chi connectivity index (χ1) is 8.66. The third-order valence-corrected chi connectivity index (χ3v) is 3.70. The first-order valence-corrected chi connectivity index (χ1v) is 6.81. The SMILES string of the molecule is C=C(C)[C@@H]1CC[C@H](C)O[C@H]1C[NH2+]Cc1ccco1. The molecular formula is C15H24NO2+. The molecule has 100 valence electrons. The van der Waals surface area contributed by atoms with Gasteiger partial charge in [0.15, 0.2) is 5.76 Å². The van der Waals surface area contributed by atoms with Crippen molar-refractivity contribution >= 4 is 0 Å². The first kappa shape index (κ1) is 13.4. The zero-order valence-electron chi connectivity index (χ0n) is 11.4. The third kappa shape index (κ3) is 3.47. The third-order valence-electron chi connectivity index (χ3n) is 3.70. The van der Waals surface area contributed by atoms with Gasteiger partial charge in [-0.3, -0.25) is 0 Å². The van der Waals surface area contributed by atoms with Gasteiger partial charge in [-0.1, -0.05) is 12.2 Å². The molecular weight excluding hydrogens is 226 g/mol. The highest BCUT2D eigenvalue weighted by molar-refractivity contribution is 5.01. The zero-order chi connectivity index (χ0) is 13.0. The molecule has 3 heteroatoms. The highest BCUT2D eigenvalue weighted by Gasteiger charge is 2.30. The summed E-state index contributed by atoms with van der Waals surface area (Å²) in [5, 5.41) is 2.26. The summed E-state index contributed by atoms with van der Waals surface area (Å²) >= 11 is 0. The second-order valence-corrected chi connectivity index (χ2v) is 5.32. The average Bonchev–Trinajstić information content (AvgIpc) is 2.82. The van der Waals surface area contributed by atoms with Crippen LogP contribution in [0.1, 0.15) is 32.4 Å². The predicted molar refractivity (Wildman–Crippen MR) is 71.1 cm³/mol. The molecule has 2 rings (SSSR count). The van der Waals surface area contributed by atoms with Crippen LogP contribution in [0.25, 0.3) is 0 Å². The van der Waals surface area contributed by atoms with Crippen LogP contribution in [-0.4, -0.2) is 18.8 Å².